The van der Waals surface area contributed by atoms with Gasteiger partial charge in [0.1, 0.15) is 0 Å². The third kappa shape index (κ3) is 4.43. The van der Waals surface area contributed by atoms with E-state index in [1.807, 2.05) is 17.0 Å². The van der Waals surface area contributed by atoms with Crippen molar-refractivity contribution in [3.05, 3.63) is 86.1 Å². The van der Waals surface area contributed by atoms with Crippen molar-refractivity contribution in [3.8, 4) is 0 Å². The smallest absolute Gasteiger partial charge is 0.265 e. The largest absolute Gasteiger partial charge is 0.330 e. The maximum absolute atomic E-state index is 13.3. The third-order valence-electron chi connectivity index (χ3n) is 6.44. The van der Waals surface area contributed by atoms with Crippen LogP contribution in [0.5, 0.6) is 0 Å². The minimum Gasteiger partial charge on any atom is -0.330 e. The number of halogens is 1. The Morgan fingerprint density at radius 3 is 2.64 bits per heavy atom. The summed E-state index contributed by atoms with van der Waals surface area (Å²) in [6.07, 6.45) is 2.42. The number of carbonyl (C=O) groups is 2. The first-order valence-electron chi connectivity index (χ1n) is 11.1. The molecular weight excluding hydrogens is 454 g/mol. The second-order valence-corrected chi connectivity index (χ2v) is 11.0. The van der Waals surface area contributed by atoms with Crippen LogP contribution in [0.25, 0.3) is 0 Å². The Morgan fingerprint density at radius 2 is 1.94 bits per heavy atom. The van der Waals surface area contributed by atoms with Gasteiger partial charge in [0.15, 0.2) is 0 Å². The second kappa shape index (κ2) is 8.60. The first-order valence-corrected chi connectivity index (χ1v) is 12.3. The lowest BCUT2D eigenvalue weighted by Gasteiger charge is -2.22. The highest BCUT2D eigenvalue weighted by Crippen LogP contribution is 2.48. The Bertz CT molecular complexity index is 1230. The van der Waals surface area contributed by atoms with Gasteiger partial charge in [-0.1, -0.05) is 48.0 Å². The molecular formula is C26H26ClN3O2S. The summed E-state index contributed by atoms with van der Waals surface area (Å²) in [7, 11) is 4.24. The van der Waals surface area contributed by atoms with Crippen molar-refractivity contribution in [3.63, 3.8) is 0 Å². The van der Waals surface area contributed by atoms with Gasteiger partial charge < -0.3 is 15.1 Å². The average molecular weight is 480 g/mol. The summed E-state index contributed by atoms with van der Waals surface area (Å²) in [4.78, 5) is 30.6. The standard InChI is InChI=1S/C26H26ClN3O2S/c1-29(2)16-26(11-12-26)19-7-3-5-17(13-19)14-30-15-18-6-4-8-20(23(18)25(30)32)28-24(31)21-9-10-22(27)33-21/h3-10,13H,11-12,14-16H2,1-2H3,(H,28,31). The number of carbonyl (C=O) groups excluding carboxylic acids is 2. The number of anilines is 1. The monoisotopic (exact) mass is 479 g/mol. The Hall–Kier alpha value is -2.67. The molecule has 0 atom stereocenters. The molecule has 1 N–H and O–H groups in total. The zero-order valence-electron chi connectivity index (χ0n) is 18.7. The highest BCUT2D eigenvalue weighted by molar-refractivity contribution is 7.18. The normalized spacial score (nSPS) is 16.2. The average Bonchev–Trinajstić information content (AvgIpc) is 3.30. The molecule has 0 unspecified atom stereocenters. The predicted octanol–water partition coefficient (Wildman–Crippen LogP) is 5.40. The lowest BCUT2D eigenvalue weighted by molar-refractivity contribution is 0.0767. The molecule has 0 radical (unpaired) electrons. The van der Waals surface area contributed by atoms with Crippen LogP contribution in [0.2, 0.25) is 4.34 Å². The van der Waals surface area contributed by atoms with E-state index in [1.165, 1.54) is 29.7 Å². The SMILES string of the molecule is CN(C)CC1(c2cccc(CN3Cc4cccc(NC(=O)c5ccc(Cl)s5)c4C3=O)c2)CC1. The van der Waals surface area contributed by atoms with Crippen molar-refractivity contribution in [2.24, 2.45) is 0 Å². The van der Waals surface area contributed by atoms with E-state index in [-0.39, 0.29) is 17.2 Å². The number of likely N-dealkylation sites (N-methyl/N-ethyl adjacent to an activating group) is 1. The minimum absolute atomic E-state index is 0.0510. The van der Waals surface area contributed by atoms with Crippen molar-refractivity contribution in [1.82, 2.24) is 9.80 Å². The summed E-state index contributed by atoms with van der Waals surface area (Å²) in [6.45, 7) is 2.13. The molecule has 3 aromatic rings. The van der Waals surface area contributed by atoms with Crippen LogP contribution in [-0.2, 0) is 18.5 Å². The molecule has 0 saturated heterocycles. The Kier molecular flexibility index (Phi) is 5.77. The molecule has 2 heterocycles. The van der Waals surface area contributed by atoms with Crippen LogP contribution < -0.4 is 5.32 Å². The van der Waals surface area contributed by atoms with Crippen LogP contribution in [0, 0.1) is 0 Å². The van der Waals surface area contributed by atoms with E-state index < -0.39 is 0 Å². The molecule has 2 aromatic carbocycles. The van der Waals surface area contributed by atoms with Crippen LogP contribution in [0.1, 0.15) is 49.6 Å². The zero-order valence-corrected chi connectivity index (χ0v) is 20.3. The van der Waals surface area contributed by atoms with E-state index in [0.29, 0.717) is 33.6 Å². The van der Waals surface area contributed by atoms with E-state index >= 15 is 0 Å². The number of rotatable bonds is 7. The maximum atomic E-state index is 13.3. The number of amides is 2. The number of thiophene rings is 1. The molecule has 5 nitrogen and oxygen atoms in total. The molecule has 170 valence electrons. The molecule has 7 heteroatoms. The quantitative estimate of drug-likeness (QED) is 0.493. The summed E-state index contributed by atoms with van der Waals surface area (Å²) < 4.78 is 0.557. The van der Waals surface area contributed by atoms with Crippen molar-refractivity contribution in [1.29, 1.82) is 0 Å². The van der Waals surface area contributed by atoms with E-state index in [1.54, 1.807) is 18.2 Å². The molecule has 1 aromatic heterocycles. The second-order valence-electron chi connectivity index (χ2n) is 9.28. The molecule has 1 fully saturated rings. The number of hydrogen-bond acceptors (Lipinski definition) is 4. The van der Waals surface area contributed by atoms with Crippen molar-refractivity contribution in [2.75, 3.05) is 26.0 Å². The third-order valence-corrected chi connectivity index (χ3v) is 7.67. The van der Waals surface area contributed by atoms with Crippen molar-refractivity contribution in [2.45, 2.75) is 31.3 Å². The maximum Gasteiger partial charge on any atom is 0.265 e. The number of nitrogens with zero attached hydrogens (tertiary/aromatic N) is 2. The Balaban J connectivity index is 1.33. The van der Waals surface area contributed by atoms with Crippen LogP contribution >= 0.6 is 22.9 Å². The molecule has 5 rings (SSSR count). The number of fused-ring (bicyclic) bond motifs is 1. The fraction of sp³-hybridized carbons (Fsp3) is 0.308. The summed E-state index contributed by atoms with van der Waals surface area (Å²) in [5.74, 6) is -0.306. The van der Waals surface area contributed by atoms with Gasteiger partial charge in [-0.3, -0.25) is 9.59 Å². The molecule has 0 spiro atoms. The van der Waals surface area contributed by atoms with E-state index in [4.69, 9.17) is 11.6 Å². The molecule has 2 aliphatic rings. The van der Waals surface area contributed by atoms with Crippen LogP contribution in [0.3, 0.4) is 0 Å². The lowest BCUT2D eigenvalue weighted by Crippen LogP contribution is -2.26. The Morgan fingerprint density at radius 1 is 1.15 bits per heavy atom. The number of nitrogens with one attached hydrogen (secondary N) is 1. The molecule has 1 aliphatic heterocycles. The topological polar surface area (TPSA) is 52.6 Å². The summed E-state index contributed by atoms with van der Waals surface area (Å²) in [5, 5.41) is 2.90. The molecule has 1 aliphatic carbocycles. The Labute approximate surface area is 203 Å². The predicted molar refractivity (Wildman–Crippen MR) is 133 cm³/mol. The number of hydrogen-bond donors (Lipinski definition) is 1. The van der Waals surface area contributed by atoms with E-state index in [0.717, 1.165) is 17.7 Å². The molecule has 0 bridgehead atoms. The molecule has 2 amide bonds. The van der Waals surface area contributed by atoms with Crippen molar-refractivity contribution >= 4 is 40.4 Å². The van der Waals surface area contributed by atoms with Crippen molar-refractivity contribution < 1.29 is 9.59 Å². The lowest BCUT2D eigenvalue weighted by atomic mass is 9.94. The summed E-state index contributed by atoms with van der Waals surface area (Å²) in [6, 6.07) is 17.7. The number of benzene rings is 2. The van der Waals surface area contributed by atoms with Gasteiger partial charge in [0.05, 0.1) is 20.5 Å². The van der Waals surface area contributed by atoms with Crippen LogP contribution in [0.15, 0.2) is 54.6 Å². The van der Waals surface area contributed by atoms with E-state index in [9.17, 15) is 9.59 Å². The van der Waals surface area contributed by atoms with Gasteiger partial charge in [-0.2, -0.15) is 0 Å². The van der Waals surface area contributed by atoms with Crippen LogP contribution in [0.4, 0.5) is 5.69 Å². The van der Waals surface area contributed by atoms with Gasteiger partial charge in [0.2, 0.25) is 0 Å². The zero-order chi connectivity index (χ0) is 23.2. The van der Waals surface area contributed by atoms with Gasteiger partial charge in [0.25, 0.3) is 11.8 Å². The van der Waals surface area contributed by atoms with Gasteiger partial charge in [0, 0.05) is 25.0 Å². The van der Waals surface area contributed by atoms with E-state index in [2.05, 4.69) is 48.6 Å². The summed E-state index contributed by atoms with van der Waals surface area (Å²) >= 11 is 7.18. The minimum atomic E-state index is -0.255. The summed E-state index contributed by atoms with van der Waals surface area (Å²) in [5.41, 5.74) is 4.81. The van der Waals surface area contributed by atoms with Gasteiger partial charge >= 0.3 is 0 Å². The fourth-order valence-corrected chi connectivity index (χ4v) is 5.72. The highest BCUT2D eigenvalue weighted by atomic mass is 35.5. The fourth-order valence-electron chi connectivity index (χ4n) is 4.79. The van der Waals surface area contributed by atoms with Gasteiger partial charge in [-0.25, -0.2) is 0 Å². The first-order chi connectivity index (χ1) is 15.8. The first kappa shape index (κ1) is 22.1. The molecule has 1 saturated carbocycles. The highest BCUT2D eigenvalue weighted by Gasteiger charge is 2.44. The van der Waals surface area contributed by atoms with Gasteiger partial charge in [-0.15, -0.1) is 11.3 Å². The molecule has 33 heavy (non-hydrogen) atoms. The van der Waals surface area contributed by atoms with Gasteiger partial charge in [-0.05, 0) is 61.8 Å². The van der Waals surface area contributed by atoms with Crippen LogP contribution in [-0.4, -0.2) is 42.3 Å².